The smallest absolute Gasteiger partial charge is 0.478 e. The highest BCUT2D eigenvalue weighted by Gasteiger charge is 2.38. The van der Waals surface area contributed by atoms with Crippen LogP contribution in [0.2, 0.25) is 5.02 Å². The predicted octanol–water partition coefficient (Wildman–Crippen LogP) is 5.36. The predicted molar refractivity (Wildman–Crippen MR) is 82.5 cm³/mol. The van der Waals surface area contributed by atoms with Crippen LogP contribution in [0.4, 0.5) is 26.3 Å². The Morgan fingerprint density at radius 3 is 1.74 bits per heavy atom. The van der Waals surface area contributed by atoms with Crippen molar-refractivity contribution in [3.63, 3.8) is 0 Å². The number of alkyl halides is 6. The molecular weight excluding hydrogens is 406 g/mol. The standard InChI is InChI=1S/C14H8ClF3O2.C2HF3O2/c15-11-7-9(13(19)20)6-10(14(16,17)18)12(11)8-4-2-1-3-5-8;3-2(4,5)1(6)7/h1-7H,(H,19,20);(H,6,7). The van der Waals surface area contributed by atoms with Gasteiger partial charge in [-0.3, -0.25) is 0 Å². The Balaban J connectivity index is 0.000000445. The Morgan fingerprint density at radius 1 is 0.889 bits per heavy atom. The summed E-state index contributed by atoms with van der Waals surface area (Å²) in [5, 5.41) is 15.7. The maximum absolute atomic E-state index is 13.1. The van der Waals surface area contributed by atoms with Crippen molar-refractivity contribution in [3.8, 4) is 11.1 Å². The highest BCUT2D eigenvalue weighted by atomic mass is 35.5. The largest absolute Gasteiger partial charge is 0.490 e. The van der Waals surface area contributed by atoms with Crippen molar-refractivity contribution >= 4 is 23.5 Å². The van der Waals surface area contributed by atoms with Gasteiger partial charge in [-0.25, -0.2) is 9.59 Å². The summed E-state index contributed by atoms with van der Waals surface area (Å²) in [6.45, 7) is 0. The molecule has 0 unspecified atom stereocenters. The first kappa shape index (κ1) is 22.3. The molecule has 0 aliphatic heterocycles. The number of halogens is 7. The molecule has 0 spiro atoms. The molecule has 0 bridgehead atoms. The van der Waals surface area contributed by atoms with Gasteiger partial charge in [-0.05, 0) is 17.7 Å². The fourth-order valence-corrected chi connectivity index (χ4v) is 2.18. The van der Waals surface area contributed by atoms with Crippen molar-refractivity contribution in [2.24, 2.45) is 0 Å². The minimum absolute atomic E-state index is 0.218. The van der Waals surface area contributed by atoms with E-state index in [0.717, 1.165) is 6.07 Å². The topological polar surface area (TPSA) is 74.6 Å². The van der Waals surface area contributed by atoms with Crippen LogP contribution in [0.5, 0.6) is 0 Å². The summed E-state index contributed by atoms with van der Waals surface area (Å²) in [5.74, 6) is -4.22. The van der Waals surface area contributed by atoms with Crippen LogP contribution in [0.1, 0.15) is 15.9 Å². The lowest BCUT2D eigenvalue weighted by Gasteiger charge is -2.15. The molecule has 0 fully saturated rings. The van der Waals surface area contributed by atoms with Gasteiger partial charge in [-0.1, -0.05) is 41.9 Å². The summed E-state index contributed by atoms with van der Waals surface area (Å²) in [7, 11) is 0. The summed E-state index contributed by atoms with van der Waals surface area (Å²) < 4.78 is 71.1. The molecule has 27 heavy (non-hydrogen) atoms. The molecule has 0 atom stereocenters. The summed E-state index contributed by atoms with van der Waals surface area (Å²) in [6.07, 6.45) is -9.78. The van der Waals surface area contributed by atoms with Crippen molar-refractivity contribution in [3.05, 3.63) is 58.6 Å². The lowest BCUT2D eigenvalue weighted by molar-refractivity contribution is -0.192. The molecule has 0 saturated heterocycles. The lowest BCUT2D eigenvalue weighted by atomic mass is 9.97. The van der Waals surface area contributed by atoms with Gasteiger partial charge in [0.15, 0.2) is 0 Å². The molecule has 2 aromatic carbocycles. The van der Waals surface area contributed by atoms with Crippen LogP contribution in [0.15, 0.2) is 42.5 Å². The van der Waals surface area contributed by atoms with Gasteiger partial charge < -0.3 is 10.2 Å². The highest BCUT2D eigenvalue weighted by Crippen LogP contribution is 2.41. The third kappa shape index (κ3) is 6.17. The van der Waals surface area contributed by atoms with Crippen LogP contribution in [-0.4, -0.2) is 28.3 Å². The van der Waals surface area contributed by atoms with Crippen molar-refractivity contribution in [2.75, 3.05) is 0 Å². The van der Waals surface area contributed by atoms with E-state index in [4.69, 9.17) is 26.6 Å². The average molecular weight is 415 g/mol. The van der Waals surface area contributed by atoms with Crippen LogP contribution in [-0.2, 0) is 11.0 Å². The first-order chi connectivity index (χ1) is 12.2. The Bertz CT molecular complexity index is 831. The van der Waals surface area contributed by atoms with E-state index in [1.165, 1.54) is 12.1 Å². The van der Waals surface area contributed by atoms with E-state index >= 15 is 0 Å². The second-order valence-corrected chi connectivity index (χ2v) is 5.26. The number of aromatic carboxylic acids is 1. The Labute approximate surface area is 152 Å². The second-order valence-electron chi connectivity index (χ2n) is 4.85. The van der Waals surface area contributed by atoms with Gasteiger partial charge in [0.1, 0.15) is 0 Å². The number of carboxylic acid groups (broad SMARTS) is 2. The lowest BCUT2D eigenvalue weighted by Crippen LogP contribution is -2.21. The van der Waals surface area contributed by atoms with Gasteiger partial charge in [-0.2, -0.15) is 26.3 Å². The first-order valence-corrected chi connectivity index (χ1v) is 7.12. The van der Waals surface area contributed by atoms with Crippen molar-refractivity contribution in [1.82, 2.24) is 0 Å². The normalized spacial score (nSPS) is 11.4. The van der Waals surface area contributed by atoms with Gasteiger partial charge in [0, 0.05) is 10.6 Å². The zero-order chi connectivity index (χ0) is 21.0. The van der Waals surface area contributed by atoms with Crippen LogP contribution in [0, 0.1) is 0 Å². The molecule has 0 amide bonds. The third-order valence-electron chi connectivity index (χ3n) is 2.95. The maximum atomic E-state index is 13.1. The Morgan fingerprint density at radius 2 is 1.37 bits per heavy atom. The SMILES string of the molecule is O=C(O)C(F)(F)F.O=C(O)c1cc(Cl)c(-c2ccccc2)c(C(F)(F)F)c1. The number of carbonyl (C=O) groups is 2. The molecular formula is C16H9ClF6O4. The summed E-state index contributed by atoms with van der Waals surface area (Å²) in [6, 6.07) is 9.40. The van der Waals surface area contributed by atoms with E-state index in [1.54, 1.807) is 18.2 Å². The van der Waals surface area contributed by atoms with Gasteiger partial charge in [0.2, 0.25) is 0 Å². The molecule has 146 valence electrons. The zero-order valence-corrected chi connectivity index (χ0v) is 13.7. The van der Waals surface area contributed by atoms with E-state index in [9.17, 15) is 31.1 Å². The summed E-state index contributed by atoms with van der Waals surface area (Å²) in [5.41, 5.74) is -1.50. The monoisotopic (exact) mass is 414 g/mol. The van der Waals surface area contributed by atoms with Crippen LogP contribution in [0.25, 0.3) is 11.1 Å². The average Bonchev–Trinajstić information content (AvgIpc) is 2.53. The van der Waals surface area contributed by atoms with Gasteiger partial charge in [-0.15, -0.1) is 0 Å². The van der Waals surface area contributed by atoms with Crippen LogP contribution < -0.4 is 0 Å². The zero-order valence-electron chi connectivity index (χ0n) is 12.9. The molecule has 11 heteroatoms. The number of carboxylic acids is 2. The molecule has 0 aromatic heterocycles. The van der Waals surface area contributed by atoms with E-state index in [-0.39, 0.29) is 16.1 Å². The van der Waals surface area contributed by atoms with E-state index < -0.39 is 35.4 Å². The van der Waals surface area contributed by atoms with Crippen LogP contribution in [0.3, 0.4) is 0 Å². The quantitative estimate of drug-likeness (QED) is 0.649. The number of hydrogen-bond donors (Lipinski definition) is 2. The first-order valence-electron chi connectivity index (χ1n) is 6.74. The number of aliphatic carboxylic acids is 1. The fourth-order valence-electron chi connectivity index (χ4n) is 1.85. The molecule has 0 radical (unpaired) electrons. The molecule has 0 heterocycles. The van der Waals surface area contributed by atoms with E-state index in [1.807, 2.05) is 0 Å². The highest BCUT2D eigenvalue weighted by molar-refractivity contribution is 6.34. The Hall–Kier alpha value is -2.75. The molecule has 2 rings (SSSR count). The number of hydrogen-bond acceptors (Lipinski definition) is 2. The van der Waals surface area contributed by atoms with E-state index in [0.29, 0.717) is 6.07 Å². The fraction of sp³-hybridized carbons (Fsp3) is 0.125. The Kier molecular flexibility index (Phi) is 6.85. The van der Waals surface area contributed by atoms with Crippen LogP contribution >= 0.6 is 11.6 Å². The molecule has 0 aliphatic rings. The van der Waals surface area contributed by atoms with Crippen molar-refractivity contribution < 1.29 is 46.1 Å². The third-order valence-corrected chi connectivity index (χ3v) is 3.25. The van der Waals surface area contributed by atoms with Gasteiger partial charge in [0.25, 0.3) is 0 Å². The minimum Gasteiger partial charge on any atom is -0.478 e. The summed E-state index contributed by atoms with van der Waals surface area (Å²) >= 11 is 5.86. The molecule has 2 N–H and O–H groups in total. The summed E-state index contributed by atoms with van der Waals surface area (Å²) in [4.78, 5) is 19.7. The minimum atomic E-state index is -5.08. The maximum Gasteiger partial charge on any atom is 0.490 e. The molecule has 2 aromatic rings. The molecule has 4 nitrogen and oxygen atoms in total. The van der Waals surface area contributed by atoms with Gasteiger partial charge >= 0.3 is 24.3 Å². The van der Waals surface area contributed by atoms with Gasteiger partial charge in [0.05, 0.1) is 11.1 Å². The molecule has 0 saturated carbocycles. The van der Waals surface area contributed by atoms with E-state index in [2.05, 4.69) is 0 Å². The van der Waals surface area contributed by atoms with Crippen molar-refractivity contribution in [1.29, 1.82) is 0 Å². The van der Waals surface area contributed by atoms with Crippen molar-refractivity contribution in [2.45, 2.75) is 12.4 Å². The number of benzene rings is 2. The number of rotatable bonds is 2. The second kappa shape index (κ2) is 8.30. The molecule has 0 aliphatic carbocycles.